The summed E-state index contributed by atoms with van der Waals surface area (Å²) in [5.41, 5.74) is 6.47. The Morgan fingerprint density at radius 1 is 1.10 bits per heavy atom. The molecule has 1 saturated heterocycles. The van der Waals surface area contributed by atoms with E-state index >= 15 is 0 Å². The molecule has 1 fully saturated rings. The molecule has 8 heteroatoms. The molecule has 30 heavy (non-hydrogen) atoms. The highest BCUT2D eigenvalue weighted by atomic mass is 16.5. The average Bonchev–Trinajstić information content (AvgIpc) is 3.02. The minimum Gasteiger partial charge on any atom is -0.507 e. The number of benzene rings is 2. The van der Waals surface area contributed by atoms with Gasteiger partial charge in [-0.2, -0.15) is 0 Å². The number of nitrogens with zero attached hydrogens (tertiary/aromatic N) is 1. The highest BCUT2D eigenvalue weighted by molar-refractivity contribution is 6.46. The number of aliphatic hydroxyl groups is 1. The van der Waals surface area contributed by atoms with Crippen molar-refractivity contribution in [3.05, 3.63) is 59.2 Å². The van der Waals surface area contributed by atoms with Crippen LogP contribution in [0.3, 0.4) is 0 Å². The van der Waals surface area contributed by atoms with Gasteiger partial charge in [0.25, 0.3) is 11.7 Å². The number of ketones is 1. The van der Waals surface area contributed by atoms with Gasteiger partial charge in [-0.05, 0) is 54.9 Å². The van der Waals surface area contributed by atoms with E-state index in [1.807, 2.05) is 0 Å². The van der Waals surface area contributed by atoms with Crippen LogP contribution in [0.4, 0.5) is 0 Å². The zero-order valence-electron chi connectivity index (χ0n) is 16.8. The van der Waals surface area contributed by atoms with E-state index in [9.17, 15) is 19.8 Å². The molecule has 1 heterocycles. The minimum absolute atomic E-state index is 0.0325. The first-order valence-corrected chi connectivity index (χ1v) is 9.42. The predicted molar refractivity (Wildman–Crippen MR) is 110 cm³/mol. The summed E-state index contributed by atoms with van der Waals surface area (Å²) < 4.78 is 10.3. The summed E-state index contributed by atoms with van der Waals surface area (Å²) in [5, 5.41) is 20.9. The normalized spacial score (nSPS) is 18.0. The van der Waals surface area contributed by atoms with Crippen LogP contribution in [0, 0.1) is 0 Å². The Labute approximate surface area is 174 Å². The van der Waals surface area contributed by atoms with E-state index in [0.29, 0.717) is 29.8 Å². The predicted octanol–water partition coefficient (Wildman–Crippen LogP) is 2.18. The number of Topliss-reactive ketones (excluding diaryl/α,β-unsaturated/α-hetero) is 1. The fourth-order valence-corrected chi connectivity index (χ4v) is 3.49. The highest BCUT2D eigenvalue weighted by Crippen LogP contribution is 2.41. The van der Waals surface area contributed by atoms with Crippen LogP contribution in [0.25, 0.3) is 5.76 Å². The molecule has 1 amide bonds. The number of hydrogen-bond acceptors (Lipinski definition) is 7. The van der Waals surface area contributed by atoms with Crippen LogP contribution >= 0.6 is 0 Å². The molecule has 1 unspecified atom stereocenters. The smallest absolute Gasteiger partial charge is 0.295 e. The van der Waals surface area contributed by atoms with Gasteiger partial charge in [0.15, 0.2) is 11.5 Å². The first-order chi connectivity index (χ1) is 14.4. The number of rotatable bonds is 7. The van der Waals surface area contributed by atoms with Gasteiger partial charge in [0.05, 0.1) is 25.8 Å². The molecule has 0 radical (unpaired) electrons. The van der Waals surface area contributed by atoms with Gasteiger partial charge in [-0.15, -0.1) is 0 Å². The largest absolute Gasteiger partial charge is 0.507 e. The maximum absolute atomic E-state index is 12.9. The van der Waals surface area contributed by atoms with E-state index in [1.165, 1.54) is 25.2 Å². The number of aromatic hydroxyl groups is 1. The van der Waals surface area contributed by atoms with Crippen LogP contribution in [0.2, 0.25) is 0 Å². The summed E-state index contributed by atoms with van der Waals surface area (Å²) >= 11 is 0. The van der Waals surface area contributed by atoms with Crippen molar-refractivity contribution in [2.45, 2.75) is 12.5 Å². The van der Waals surface area contributed by atoms with Gasteiger partial charge < -0.3 is 30.3 Å². The first-order valence-electron chi connectivity index (χ1n) is 9.42. The third-order valence-electron chi connectivity index (χ3n) is 5.03. The molecule has 0 aliphatic carbocycles. The monoisotopic (exact) mass is 412 g/mol. The molecular formula is C22H24N2O6. The molecular weight excluding hydrogens is 388 g/mol. The van der Waals surface area contributed by atoms with E-state index in [2.05, 4.69) is 0 Å². The Hall–Kier alpha value is -3.52. The van der Waals surface area contributed by atoms with Crippen molar-refractivity contribution in [2.75, 3.05) is 27.3 Å². The van der Waals surface area contributed by atoms with Crippen LogP contribution in [-0.2, 0) is 9.59 Å². The summed E-state index contributed by atoms with van der Waals surface area (Å²) in [6.07, 6.45) is 0.487. The number of amides is 1. The molecule has 1 atom stereocenters. The zero-order valence-corrected chi connectivity index (χ0v) is 16.8. The number of carbonyl (C=O) groups excluding carboxylic acids is 2. The van der Waals surface area contributed by atoms with Crippen LogP contribution in [-0.4, -0.2) is 54.1 Å². The molecule has 0 aromatic heterocycles. The molecule has 2 aromatic rings. The van der Waals surface area contributed by atoms with Gasteiger partial charge in [0.1, 0.15) is 11.5 Å². The molecule has 1 aliphatic heterocycles. The maximum Gasteiger partial charge on any atom is 0.295 e. The Morgan fingerprint density at radius 2 is 1.80 bits per heavy atom. The van der Waals surface area contributed by atoms with E-state index in [4.69, 9.17) is 15.2 Å². The number of hydrogen-bond donors (Lipinski definition) is 3. The number of aliphatic hydroxyl groups excluding tert-OH is 1. The van der Waals surface area contributed by atoms with Crippen LogP contribution in [0.5, 0.6) is 17.2 Å². The molecule has 0 bridgehead atoms. The highest BCUT2D eigenvalue weighted by Gasteiger charge is 2.45. The number of nitrogens with two attached hydrogens (primary N) is 1. The molecule has 4 N–H and O–H groups in total. The number of methoxy groups -OCH3 is 2. The average molecular weight is 412 g/mol. The summed E-state index contributed by atoms with van der Waals surface area (Å²) in [6, 6.07) is 10.2. The topological polar surface area (TPSA) is 122 Å². The maximum atomic E-state index is 12.9. The van der Waals surface area contributed by atoms with Crippen molar-refractivity contribution in [3.63, 3.8) is 0 Å². The van der Waals surface area contributed by atoms with Crippen LogP contribution < -0.4 is 15.2 Å². The molecule has 0 saturated carbocycles. The molecule has 158 valence electrons. The van der Waals surface area contributed by atoms with Crippen LogP contribution in [0.15, 0.2) is 48.0 Å². The fourth-order valence-electron chi connectivity index (χ4n) is 3.49. The molecule has 1 aliphatic rings. The lowest BCUT2D eigenvalue weighted by atomic mass is 9.95. The number of phenolic OH excluding ortho intramolecular Hbond substituents is 1. The summed E-state index contributed by atoms with van der Waals surface area (Å²) in [6.45, 7) is 0.585. The first kappa shape index (κ1) is 21.2. The Bertz CT molecular complexity index is 984. The Kier molecular flexibility index (Phi) is 6.27. The van der Waals surface area contributed by atoms with Gasteiger partial charge in [0, 0.05) is 12.1 Å². The molecule has 3 rings (SSSR count). The van der Waals surface area contributed by atoms with Crippen molar-refractivity contribution in [1.82, 2.24) is 4.90 Å². The second kappa shape index (κ2) is 8.87. The van der Waals surface area contributed by atoms with E-state index in [0.717, 1.165) is 0 Å². The lowest BCUT2D eigenvalue weighted by molar-refractivity contribution is -0.139. The van der Waals surface area contributed by atoms with Crippen molar-refractivity contribution < 1.29 is 29.3 Å². The molecule has 2 aromatic carbocycles. The van der Waals surface area contributed by atoms with Crippen molar-refractivity contribution in [1.29, 1.82) is 0 Å². The Balaban J connectivity index is 2.16. The van der Waals surface area contributed by atoms with Gasteiger partial charge in [-0.25, -0.2) is 0 Å². The standard InChI is InChI=1S/C22H24N2O6/c1-29-15-7-4-13(5-8-15)20(26)18-19(14-6-9-16(25)17(12-14)30-2)24(11-3-10-23)22(28)21(18)27/h4-9,12,19,25-26H,3,10-11,23H2,1-2H3/b20-18-. The second-order valence-electron chi connectivity index (χ2n) is 6.79. The van der Waals surface area contributed by atoms with E-state index in [-0.39, 0.29) is 29.4 Å². The fraction of sp³-hybridized carbons (Fsp3) is 0.273. The van der Waals surface area contributed by atoms with Gasteiger partial charge in [-0.1, -0.05) is 6.07 Å². The lowest BCUT2D eigenvalue weighted by Gasteiger charge is -2.25. The summed E-state index contributed by atoms with van der Waals surface area (Å²) in [7, 11) is 2.93. The number of likely N-dealkylation sites (tertiary alicyclic amines) is 1. The van der Waals surface area contributed by atoms with E-state index in [1.54, 1.807) is 36.4 Å². The SMILES string of the molecule is COc1ccc(/C(O)=C2/C(=O)C(=O)N(CCCN)C2c2ccc(O)c(OC)c2)cc1. The molecule has 0 spiro atoms. The third-order valence-corrected chi connectivity index (χ3v) is 5.03. The second-order valence-corrected chi connectivity index (χ2v) is 6.79. The van der Waals surface area contributed by atoms with Gasteiger partial charge >= 0.3 is 0 Å². The third kappa shape index (κ3) is 3.81. The van der Waals surface area contributed by atoms with Crippen molar-refractivity contribution in [2.24, 2.45) is 5.73 Å². The van der Waals surface area contributed by atoms with Crippen LogP contribution in [0.1, 0.15) is 23.6 Å². The van der Waals surface area contributed by atoms with Crippen molar-refractivity contribution >= 4 is 17.4 Å². The minimum atomic E-state index is -0.840. The van der Waals surface area contributed by atoms with Gasteiger partial charge in [0.2, 0.25) is 0 Å². The number of ether oxygens (including phenoxy) is 2. The van der Waals surface area contributed by atoms with Gasteiger partial charge in [-0.3, -0.25) is 9.59 Å². The van der Waals surface area contributed by atoms with Crippen molar-refractivity contribution in [3.8, 4) is 17.2 Å². The lowest BCUT2D eigenvalue weighted by Crippen LogP contribution is -2.31. The molecule has 8 nitrogen and oxygen atoms in total. The summed E-state index contributed by atoms with van der Waals surface area (Å²) in [4.78, 5) is 27.0. The zero-order chi connectivity index (χ0) is 21.8. The quantitative estimate of drug-likeness (QED) is 0.362. The Morgan fingerprint density at radius 3 is 2.40 bits per heavy atom. The number of carbonyl (C=O) groups is 2. The summed E-state index contributed by atoms with van der Waals surface area (Å²) in [5.74, 6) is -1.07. The number of phenols is 1. The van der Waals surface area contributed by atoms with E-state index < -0.39 is 17.7 Å².